The van der Waals surface area contributed by atoms with Crippen LogP contribution in [0.5, 0.6) is 0 Å². The first-order chi connectivity index (χ1) is 8.06. The summed E-state index contributed by atoms with van der Waals surface area (Å²) in [5.41, 5.74) is 3.44. The molecule has 0 aliphatic rings. The maximum absolute atomic E-state index is 5.20. The van der Waals surface area contributed by atoms with Gasteiger partial charge in [-0.3, -0.25) is 0 Å². The summed E-state index contributed by atoms with van der Waals surface area (Å²) >= 11 is 5.20. The molecule has 0 aliphatic heterocycles. The van der Waals surface area contributed by atoms with E-state index in [0.717, 1.165) is 17.1 Å². The molecule has 0 spiro atoms. The molecule has 0 unspecified atom stereocenters. The van der Waals surface area contributed by atoms with Gasteiger partial charge in [0.25, 0.3) is 0 Å². The molecule has 0 saturated carbocycles. The average Bonchev–Trinajstić information content (AvgIpc) is 2.29. The number of benzene rings is 1. The molecule has 17 heavy (non-hydrogen) atoms. The molecule has 1 N–H and O–H groups in total. The second-order valence-corrected chi connectivity index (χ2v) is 4.96. The lowest BCUT2D eigenvalue weighted by Gasteiger charge is -2.08. The van der Waals surface area contributed by atoms with Crippen molar-refractivity contribution in [3.63, 3.8) is 0 Å². The number of aryl methyl sites for hydroxylation is 1. The summed E-state index contributed by atoms with van der Waals surface area (Å²) in [4.78, 5) is 7.68. The lowest BCUT2D eigenvalue weighted by Crippen LogP contribution is -1.99. The third kappa shape index (κ3) is 2.80. The fourth-order valence-corrected chi connectivity index (χ4v) is 1.85. The van der Waals surface area contributed by atoms with Crippen molar-refractivity contribution >= 4 is 12.2 Å². The van der Waals surface area contributed by atoms with Crippen LogP contribution in [-0.2, 0) is 0 Å². The van der Waals surface area contributed by atoms with Crippen LogP contribution in [0.4, 0.5) is 0 Å². The van der Waals surface area contributed by atoms with E-state index in [1.54, 1.807) is 0 Å². The Morgan fingerprint density at radius 2 is 1.82 bits per heavy atom. The van der Waals surface area contributed by atoms with Crippen LogP contribution in [0.1, 0.15) is 31.2 Å². The summed E-state index contributed by atoms with van der Waals surface area (Å²) in [5, 5.41) is 0. The molecule has 0 amide bonds. The molecule has 1 aromatic carbocycles. The first-order valence-electron chi connectivity index (χ1n) is 5.74. The fraction of sp³-hybridized carbons (Fsp3) is 0.286. The van der Waals surface area contributed by atoms with Gasteiger partial charge in [0, 0.05) is 11.6 Å². The Morgan fingerprint density at radius 1 is 1.18 bits per heavy atom. The second-order valence-electron chi connectivity index (χ2n) is 4.54. The molecule has 88 valence electrons. The summed E-state index contributed by atoms with van der Waals surface area (Å²) in [5.74, 6) is 1.29. The van der Waals surface area contributed by atoms with Crippen LogP contribution in [0.3, 0.4) is 0 Å². The van der Waals surface area contributed by atoms with Crippen molar-refractivity contribution < 1.29 is 0 Å². The average molecular weight is 244 g/mol. The number of hydrogen-bond acceptors (Lipinski definition) is 2. The Hall–Kier alpha value is -1.48. The quantitative estimate of drug-likeness (QED) is 0.800. The number of hydrogen-bond donors (Lipinski definition) is 1. The van der Waals surface area contributed by atoms with E-state index in [1.807, 2.05) is 6.07 Å². The van der Waals surface area contributed by atoms with Gasteiger partial charge in [0.05, 0.1) is 0 Å². The molecule has 0 aliphatic carbocycles. The Morgan fingerprint density at radius 3 is 2.41 bits per heavy atom. The Bertz CT molecular complexity index is 568. The van der Waals surface area contributed by atoms with Crippen LogP contribution in [0, 0.1) is 11.6 Å². The van der Waals surface area contributed by atoms with Crippen LogP contribution in [0.2, 0.25) is 0 Å². The fourth-order valence-electron chi connectivity index (χ4n) is 1.64. The minimum absolute atomic E-state index is 0.349. The van der Waals surface area contributed by atoms with E-state index in [-0.39, 0.29) is 0 Å². The van der Waals surface area contributed by atoms with Gasteiger partial charge in [-0.25, -0.2) is 4.98 Å². The molecule has 1 aromatic heterocycles. The maximum atomic E-state index is 5.20. The number of nitrogens with one attached hydrogen (secondary N) is 1. The number of rotatable bonds is 2. The second kappa shape index (κ2) is 4.80. The first kappa shape index (κ1) is 12.0. The van der Waals surface area contributed by atoms with Gasteiger partial charge in [0.2, 0.25) is 0 Å². The van der Waals surface area contributed by atoms with Crippen molar-refractivity contribution in [1.29, 1.82) is 0 Å². The highest BCUT2D eigenvalue weighted by Crippen LogP contribution is 2.19. The van der Waals surface area contributed by atoms with Gasteiger partial charge < -0.3 is 4.98 Å². The molecule has 1 heterocycles. The van der Waals surface area contributed by atoms with Gasteiger partial charge in [0.15, 0.2) is 0 Å². The first-order valence-corrected chi connectivity index (χ1v) is 6.15. The molecule has 2 rings (SSSR count). The highest BCUT2D eigenvalue weighted by molar-refractivity contribution is 7.71. The Labute approximate surface area is 107 Å². The summed E-state index contributed by atoms with van der Waals surface area (Å²) < 4.78 is 0.642. The van der Waals surface area contributed by atoms with E-state index in [4.69, 9.17) is 12.2 Å². The maximum Gasteiger partial charge on any atom is 0.130 e. The number of H-pyrrole nitrogens is 1. The number of aromatic nitrogens is 2. The van der Waals surface area contributed by atoms with Crippen molar-refractivity contribution in [3.05, 3.63) is 46.4 Å². The molecule has 2 aromatic rings. The zero-order valence-corrected chi connectivity index (χ0v) is 11.1. The van der Waals surface area contributed by atoms with Crippen molar-refractivity contribution in [2.24, 2.45) is 0 Å². The minimum atomic E-state index is 0.349. The molecule has 0 radical (unpaired) electrons. The van der Waals surface area contributed by atoms with Crippen LogP contribution < -0.4 is 0 Å². The van der Waals surface area contributed by atoms with E-state index in [0.29, 0.717) is 10.6 Å². The third-order valence-electron chi connectivity index (χ3n) is 2.67. The Kier molecular flexibility index (Phi) is 3.38. The monoisotopic (exact) mass is 244 g/mol. The highest BCUT2D eigenvalue weighted by Gasteiger charge is 2.04. The van der Waals surface area contributed by atoms with Crippen LogP contribution in [0.25, 0.3) is 11.3 Å². The molecular formula is C14H16N2S. The Balaban J connectivity index is 2.52. The van der Waals surface area contributed by atoms with Crippen LogP contribution in [-0.4, -0.2) is 9.97 Å². The summed E-state index contributed by atoms with van der Waals surface area (Å²) in [6.07, 6.45) is 0. The summed E-state index contributed by atoms with van der Waals surface area (Å²) in [6.45, 7) is 6.29. The third-order valence-corrected chi connectivity index (χ3v) is 2.88. The summed E-state index contributed by atoms with van der Waals surface area (Å²) in [6, 6.07) is 10.3. The van der Waals surface area contributed by atoms with Gasteiger partial charge in [-0.15, -0.1) is 0 Å². The van der Waals surface area contributed by atoms with E-state index < -0.39 is 0 Å². The zero-order valence-electron chi connectivity index (χ0n) is 10.3. The van der Waals surface area contributed by atoms with Gasteiger partial charge in [-0.1, -0.05) is 55.9 Å². The van der Waals surface area contributed by atoms with Crippen molar-refractivity contribution in [3.8, 4) is 11.3 Å². The smallest absolute Gasteiger partial charge is 0.130 e. The van der Waals surface area contributed by atoms with Gasteiger partial charge in [0.1, 0.15) is 10.5 Å². The van der Waals surface area contributed by atoms with Crippen molar-refractivity contribution in [2.45, 2.75) is 26.7 Å². The molecule has 0 bridgehead atoms. The number of nitrogens with zero attached hydrogens (tertiary/aromatic N) is 1. The van der Waals surface area contributed by atoms with Crippen molar-refractivity contribution in [2.75, 3.05) is 0 Å². The zero-order chi connectivity index (χ0) is 12.4. The van der Waals surface area contributed by atoms with Gasteiger partial charge in [-0.05, 0) is 18.6 Å². The van der Waals surface area contributed by atoms with Crippen LogP contribution >= 0.6 is 12.2 Å². The molecule has 0 saturated heterocycles. The normalized spacial score (nSPS) is 10.8. The molecule has 2 nitrogen and oxygen atoms in total. The minimum Gasteiger partial charge on any atom is -0.343 e. The molecular weight excluding hydrogens is 228 g/mol. The summed E-state index contributed by atoms with van der Waals surface area (Å²) in [7, 11) is 0. The van der Waals surface area contributed by atoms with Gasteiger partial charge >= 0.3 is 0 Å². The van der Waals surface area contributed by atoms with E-state index in [1.165, 1.54) is 5.56 Å². The lowest BCUT2D eigenvalue weighted by atomic mass is 10.1. The lowest BCUT2D eigenvalue weighted by molar-refractivity contribution is 0.773. The van der Waals surface area contributed by atoms with E-state index in [2.05, 4.69) is 55.0 Å². The van der Waals surface area contributed by atoms with E-state index >= 15 is 0 Å². The predicted octanol–water partition coefficient (Wildman–Crippen LogP) is 4.24. The molecule has 3 heteroatoms. The topological polar surface area (TPSA) is 28.7 Å². The van der Waals surface area contributed by atoms with Crippen LogP contribution in [0.15, 0.2) is 30.3 Å². The van der Waals surface area contributed by atoms with E-state index in [9.17, 15) is 0 Å². The standard InChI is InChI=1S/C14H16N2S/c1-9(2)14-15-12(8-13(17)16-14)11-6-4-10(3)5-7-11/h4-9H,1-3H3,(H,15,16,17). The van der Waals surface area contributed by atoms with Gasteiger partial charge in [-0.2, -0.15) is 0 Å². The predicted molar refractivity (Wildman–Crippen MR) is 73.7 cm³/mol. The van der Waals surface area contributed by atoms with Crippen molar-refractivity contribution in [1.82, 2.24) is 9.97 Å². The molecule has 0 fully saturated rings. The highest BCUT2D eigenvalue weighted by atomic mass is 32.1. The SMILES string of the molecule is Cc1ccc(-c2cc(=S)nc(C(C)C)[nH]2)cc1. The number of aromatic amines is 1. The largest absolute Gasteiger partial charge is 0.343 e. The molecule has 0 atom stereocenters.